The largest absolute Gasteiger partial charge is 0.461 e. The van der Waals surface area contributed by atoms with Crippen molar-refractivity contribution in [1.82, 2.24) is 14.5 Å². The lowest BCUT2D eigenvalue weighted by Gasteiger charge is -2.35. The third-order valence-corrected chi connectivity index (χ3v) is 3.94. The lowest BCUT2D eigenvalue weighted by atomic mass is 10.1. The van der Waals surface area contributed by atoms with Crippen molar-refractivity contribution in [3.8, 4) is 0 Å². The Morgan fingerprint density at radius 1 is 1.32 bits per heavy atom. The average molecular weight is 351 g/mol. The van der Waals surface area contributed by atoms with Gasteiger partial charge in [0.15, 0.2) is 5.69 Å². The van der Waals surface area contributed by atoms with Gasteiger partial charge in [0.1, 0.15) is 11.4 Å². The summed E-state index contributed by atoms with van der Waals surface area (Å²) in [6.45, 7) is 14.5. The van der Waals surface area contributed by atoms with Crippen LogP contribution in [0.5, 0.6) is 0 Å². The van der Waals surface area contributed by atoms with Crippen molar-refractivity contribution in [3.05, 3.63) is 17.2 Å². The van der Waals surface area contributed by atoms with Crippen LogP contribution in [-0.2, 0) is 16.0 Å². The van der Waals surface area contributed by atoms with Crippen molar-refractivity contribution in [2.45, 2.75) is 72.6 Å². The molecule has 2 heterocycles. The Bertz CT molecular complexity index is 658. The lowest BCUT2D eigenvalue weighted by molar-refractivity contribution is 0.0168. The van der Waals surface area contributed by atoms with Crippen molar-refractivity contribution < 1.29 is 19.1 Å². The number of carbonyl (C=O) groups is 2. The first-order chi connectivity index (χ1) is 11.5. The van der Waals surface area contributed by atoms with Gasteiger partial charge in [-0.05, 0) is 34.6 Å². The monoisotopic (exact) mass is 351 g/mol. The molecule has 1 aliphatic rings. The predicted molar refractivity (Wildman–Crippen MR) is 93.6 cm³/mol. The molecule has 2 rings (SSSR count). The standard InChI is InChI=1S/C18H29N3O4/c1-8-24-16(22)14-13-10-20(17(23)25-18(5,6)7)9-12(4)21(13)15(19-14)11(2)3/h11-12H,8-10H2,1-7H3/t12-/m1/s1. The summed E-state index contributed by atoms with van der Waals surface area (Å²) in [5, 5.41) is 0. The average Bonchev–Trinajstić information content (AvgIpc) is 2.86. The van der Waals surface area contributed by atoms with Crippen molar-refractivity contribution in [1.29, 1.82) is 0 Å². The summed E-state index contributed by atoms with van der Waals surface area (Å²) in [6, 6.07) is 0.00402. The Morgan fingerprint density at radius 2 is 1.96 bits per heavy atom. The molecule has 0 saturated carbocycles. The summed E-state index contributed by atoms with van der Waals surface area (Å²) < 4.78 is 12.7. The Labute approximate surface area is 149 Å². The maximum Gasteiger partial charge on any atom is 0.410 e. The van der Waals surface area contributed by atoms with E-state index in [9.17, 15) is 9.59 Å². The molecule has 0 spiro atoms. The van der Waals surface area contributed by atoms with Crippen LogP contribution in [0.15, 0.2) is 0 Å². The van der Waals surface area contributed by atoms with Crippen LogP contribution >= 0.6 is 0 Å². The van der Waals surface area contributed by atoms with Crippen LogP contribution in [0.25, 0.3) is 0 Å². The Hall–Kier alpha value is -2.05. The molecule has 25 heavy (non-hydrogen) atoms. The molecule has 1 aromatic heterocycles. The molecule has 0 aliphatic carbocycles. The smallest absolute Gasteiger partial charge is 0.410 e. The number of aromatic nitrogens is 2. The molecule has 7 heteroatoms. The molecule has 1 aromatic rings. The maximum absolute atomic E-state index is 12.5. The van der Waals surface area contributed by atoms with Gasteiger partial charge in [0.25, 0.3) is 0 Å². The Balaban J connectivity index is 2.40. The molecular formula is C18H29N3O4. The molecule has 0 aromatic carbocycles. The van der Waals surface area contributed by atoms with E-state index in [-0.39, 0.29) is 31.2 Å². The van der Waals surface area contributed by atoms with Gasteiger partial charge in [-0.1, -0.05) is 13.8 Å². The molecule has 0 N–H and O–H groups in total. The Morgan fingerprint density at radius 3 is 2.48 bits per heavy atom. The predicted octanol–water partition coefficient (Wildman–Crippen LogP) is 3.49. The molecule has 0 bridgehead atoms. The number of amides is 1. The van der Waals surface area contributed by atoms with Gasteiger partial charge in [-0.3, -0.25) is 0 Å². The zero-order chi connectivity index (χ0) is 18.9. The highest BCUT2D eigenvalue weighted by molar-refractivity contribution is 5.89. The first-order valence-corrected chi connectivity index (χ1v) is 8.81. The van der Waals surface area contributed by atoms with Crippen molar-refractivity contribution in [3.63, 3.8) is 0 Å². The van der Waals surface area contributed by atoms with E-state index in [2.05, 4.69) is 9.55 Å². The van der Waals surface area contributed by atoms with E-state index in [0.717, 1.165) is 5.82 Å². The van der Waals surface area contributed by atoms with Crippen LogP contribution in [0, 0.1) is 0 Å². The van der Waals surface area contributed by atoms with Crippen molar-refractivity contribution >= 4 is 12.1 Å². The van der Waals surface area contributed by atoms with E-state index >= 15 is 0 Å². The zero-order valence-corrected chi connectivity index (χ0v) is 16.3. The molecule has 140 valence electrons. The number of nitrogens with zero attached hydrogens (tertiary/aromatic N) is 3. The minimum Gasteiger partial charge on any atom is -0.461 e. The fraction of sp³-hybridized carbons (Fsp3) is 0.722. The van der Waals surface area contributed by atoms with E-state index in [1.807, 2.05) is 41.5 Å². The van der Waals surface area contributed by atoms with Gasteiger partial charge in [0.05, 0.1) is 24.9 Å². The number of hydrogen-bond donors (Lipinski definition) is 0. The van der Waals surface area contributed by atoms with E-state index in [0.29, 0.717) is 17.9 Å². The van der Waals surface area contributed by atoms with E-state index in [4.69, 9.17) is 9.47 Å². The third-order valence-electron chi connectivity index (χ3n) is 3.94. The molecule has 7 nitrogen and oxygen atoms in total. The highest BCUT2D eigenvalue weighted by atomic mass is 16.6. The van der Waals surface area contributed by atoms with E-state index in [1.165, 1.54) is 0 Å². The Kier molecular flexibility index (Phi) is 5.44. The van der Waals surface area contributed by atoms with Crippen molar-refractivity contribution in [2.75, 3.05) is 13.2 Å². The fourth-order valence-corrected chi connectivity index (χ4v) is 3.01. The SMILES string of the molecule is CCOC(=O)c1nc(C(C)C)n2c1CN(C(=O)OC(C)(C)C)C[C@H]2C. The van der Waals surface area contributed by atoms with Gasteiger partial charge in [0.2, 0.25) is 0 Å². The number of ether oxygens (including phenoxy) is 2. The third kappa shape index (κ3) is 4.14. The van der Waals surface area contributed by atoms with Gasteiger partial charge in [-0.15, -0.1) is 0 Å². The number of fused-ring (bicyclic) bond motifs is 1. The summed E-state index contributed by atoms with van der Waals surface area (Å²) in [6.07, 6.45) is -0.382. The minimum absolute atomic E-state index is 0.00402. The molecule has 0 fully saturated rings. The second-order valence-electron chi connectivity index (χ2n) is 7.72. The van der Waals surface area contributed by atoms with Gasteiger partial charge in [-0.25, -0.2) is 14.6 Å². The number of esters is 1. The first kappa shape index (κ1) is 19.3. The number of imidazole rings is 1. The molecule has 1 atom stereocenters. The molecule has 0 saturated heterocycles. The van der Waals surface area contributed by atoms with Crippen LogP contribution in [0.1, 0.15) is 82.4 Å². The molecule has 0 radical (unpaired) electrons. The summed E-state index contributed by atoms with van der Waals surface area (Å²) >= 11 is 0. The summed E-state index contributed by atoms with van der Waals surface area (Å²) in [7, 11) is 0. The van der Waals surface area contributed by atoms with Crippen LogP contribution in [0.4, 0.5) is 4.79 Å². The molecule has 1 aliphatic heterocycles. The van der Waals surface area contributed by atoms with Crippen LogP contribution in [0.2, 0.25) is 0 Å². The molecule has 0 unspecified atom stereocenters. The highest BCUT2D eigenvalue weighted by Crippen LogP contribution is 2.30. The zero-order valence-electron chi connectivity index (χ0n) is 16.3. The fourth-order valence-electron chi connectivity index (χ4n) is 3.01. The van der Waals surface area contributed by atoms with Crippen molar-refractivity contribution in [2.24, 2.45) is 0 Å². The topological polar surface area (TPSA) is 73.7 Å². The lowest BCUT2D eigenvalue weighted by Crippen LogP contribution is -2.43. The second-order valence-corrected chi connectivity index (χ2v) is 7.72. The first-order valence-electron chi connectivity index (χ1n) is 8.81. The van der Waals surface area contributed by atoms with Gasteiger partial charge < -0.3 is 18.9 Å². The van der Waals surface area contributed by atoms with Crippen LogP contribution in [-0.4, -0.2) is 45.3 Å². The second kappa shape index (κ2) is 7.06. The summed E-state index contributed by atoms with van der Waals surface area (Å²) in [5.41, 5.74) is 0.447. The number of rotatable bonds is 3. The number of hydrogen-bond acceptors (Lipinski definition) is 5. The van der Waals surface area contributed by atoms with Gasteiger partial charge >= 0.3 is 12.1 Å². The van der Waals surface area contributed by atoms with Crippen LogP contribution in [0.3, 0.4) is 0 Å². The molecule has 1 amide bonds. The van der Waals surface area contributed by atoms with Crippen LogP contribution < -0.4 is 0 Å². The summed E-state index contributed by atoms with van der Waals surface area (Å²) in [5.74, 6) is 0.559. The quantitative estimate of drug-likeness (QED) is 0.779. The number of carbonyl (C=O) groups excluding carboxylic acids is 2. The highest BCUT2D eigenvalue weighted by Gasteiger charge is 2.35. The molecular weight excluding hydrogens is 322 g/mol. The maximum atomic E-state index is 12.5. The van der Waals surface area contributed by atoms with E-state index in [1.54, 1.807) is 11.8 Å². The van der Waals surface area contributed by atoms with Gasteiger partial charge in [0, 0.05) is 12.5 Å². The van der Waals surface area contributed by atoms with Gasteiger partial charge in [-0.2, -0.15) is 0 Å². The summed E-state index contributed by atoms with van der Waals surface area (Å²) in [4.78, 5) is 31.0. The van der Waals surface area contributed by atoms with E-state index < -0.39 is 11.6 Å². The normalized spacial score (nSPS) is 17.4. The minimum atomic E-state index is -0.564.